The number of hydrogen-bond donors (Lipinski definition) is 0. The van der Waals surface area contributed by atoms with Crippen LogP contribution in [0.4, 0.5) is 5.69 Å². The molecule has 1 heterocycles. The minimum absolute atomic E-state index is 0.0127. The molecule has 5 nitrogen and oxygen atoms in total. The maximum Gasteiger partial charge on any atom is 0.267 e. The lowest BCUT2D eigenvalue weighted by Crippen LogP contribution is -2.44. The predicted molar refractivity (Wildman–Crippen MR) is 159 cm³/mol. The highest BCUT2D eigenvalue weighted by Gasteiger charge is 2.41. The highest BCUT2D eigenvalue weighted by Crippen LogP contribution is 2.42. The van der Waals surface area contributed by atoms with Crippen LogP contribution in [0.2, 0.25) is 0 Å². The van der Waals surface area contributed by atoms with Crippen molar-refractivity contribution in [2.45, 2.75) is 45.3 Å². The summed E-state index contributed by atoms with van der Waals surface area (Å²) in [7, 11) is 1.63. The Kier molecular flexibility index (Phi) is 8.55. The molecule has 196 valence electrons. The number of carbonyl (C=O) groups excluding carboxylic acids is 1. The van der Waals surface area contributed by atoms with Gasteiger partial charge in [-0.15, -0.1) is 0 Å². The van der Waals surface area contributed by atoms with Crippen LogP contribution in [0.3, 0.4) is 0 Å². The minimum Gasteiger partial charge on any atom is -0.493 e. The molecule has 38 heavy (non-hydrogen) atoms. The molecule has 0 unspecified atom stereocenters. The first-order valence-corrected chi connectivity index (χ1v) is 14.6. The molecule has 0 N–H and O–H groups in total. The molecule has 0 bridgehead atoms. The van der Waals surface area contributed by atoms with E-state index in [1.54, 1.807) is 7.11 Å². The van der Waals surface area contributed by atoms with E-state index in [4.69, 9.17) is 14.5 Å². The molecule has 1 saturated heterocycles. The first-order valence-electron chi connectivity index (χ1n) is 12.9. The summed E-state index contributed by atoms with van der Waals surface area (Å²) in [6.07, 6.45) is 6.40. The molecular weight excluding hydrogens is 560 g/mol. The Morgan fingerprint density at radius 1 is 1.03 bits per heavy atom. The van der Waals surface area contributed by atoms with Crippen LogP contribution >= 0.6 is 27.7 Å². The zero-order valence-corrected chi connectivity index (χ0v) is 24.0. The van der Waals surface area contributed by atoms with E-state index in [1.807, 2.05) is 83.8 Å². The number of nitrogens with zero attached hydrogens (tertiary/aromatic N) is 2. The van der Waals surface area contributed by atoms with Crippen LogP contribution in [-0.2, 0) is 11.4 Å². The van der Waals surface area contributed by atoms with Gasteiger partial charge in [0.2, 0.25) is 0 Å². The number of amides is 1. The molecule has 2 aliphatic rings. The van der Waals surface area contributed by atoms with Crippen molar-refractivity contribution >= 4 is 50.5 Å². The number of thioether (sulfide) groups is 1. The molecule has 1 amide bonds. The second-order valence-corrected chi connectivity index (χ2v) is 11.5. The average Bonchev–Trinajstić information content (AvgIpc) is 3.24. The van der Waals surface area contributed by atoms with Crippen molar-refractivity contribution in [2.24, 2.45) is 10.9 Å². The number of para-hydroxylation sites is 1. The largest absolute Gasteiger partial charge is 0.493 e. The van der Waals surface area contributed by atoms with E-state index in [0.29, 0.717) is 28.9 Å². The molecule has 0 radical (unpaired) electrons. The molecule has 3 aromatic rings. The smallest absolute Gasteiger partial charge is 0.267 e. The Bertz CT molecular complexity index is 1340. The SMILES string of the molecule is COc1cc(/C=C2\SC(=Nc3ccccc3)N([C@H]3CCCC[C@@H]3C)C2=O)c(Br)cc1OCc1ccccc1. The maximum absolute atomic E-state index is 13.8. The molecule has 1 aliphatic heterocycles. The molecule has 0 aromatic heterocycles. The average molecular weight is 592 g/mol. The minimum atomic E-state index is 0.0127. The van der Waals surface area contributed by atoms with Gasteiger partial charge in [0.05, 0.1) is 17.7 Å². The van der Waals surface area contributed by atoms with Crippen LogP contribution in [-0.4, -0.2) is 29.1 Å². The Hall–Kier alpha value is -3.03. The number of ether oxygens (including phenoxy) is 2. The van der Waals surface area contributed by atoms with E-state index in [1.165, 1.54) is 18.2 Å². The molecule has 0 spiro atoms. The van der Waals surface area contributed by atoms with Gasteiger partial charge in [0.1, 0.15) is 6.61 Å². The van der Waals surface area contributed by atoms with Gasteiger partial charge >= 0.3 is 0 Å². The Morgan fingerprint density at radius 2 is 1.74 bits per heavy atom. The van der Waals surface area contributed by atoms with Crippen LogP contribution in [0, 0.1) is 5.92 Å². The normalized spacial score (nSPS) is 21.8. The molecule has 1 saturated carbocycles. The van der Waals surface area contributed by atoms with Gasteiger partial charge in [-0.05, 0) is 72.0 Å². The number of carbonyl (C=O) groups is 1. The summed E-state index contributed by atoms with van der Waals surface area (Å²) in [6.45, 7) is 2.69. The first kappa shape index (κ1) is 26.6. The third-order valence-electron chi connectivity index (χ3n) is 7.02. The Balaban J connectivity index is 1.45. The number of benzene rings is 3. The van der Waals surface area contributed by atoms with Gasteiger partial charge < -0.3 is 9.47 Å². The molecule has 1 aliphatic carbocycles. The summed E-state index contributed by atoms with van der Waals surface area (Å²) in [5.41, 5.74) is 2.77. The summed E-state index contributed by atoms with van der Waals surface area (Å²) >= 11 is 5.13. The summed E-state index contributed by atoms with van der Waals surface area (Å²) in [4.78, 5) is 21.3. The van der Waals surface area contributed by atoms with Crippen LogP contribution in [0.25, 0.3) is 6.08 Å². The van der Waals surface area contributed by atoms with Gasteiger partial charge in [-0.25, -0.2) is 4.99 Å². The lowest BCUT2D eigenvalue weighted by Gasteiger charge is -2.35. The fraction of sp³-hybridized carbons (Fsp3) is 0.290. The highest BCUT2D eigenvalue weighted by atomic mass is 79.9. The van der Waals surface area contributed by atoms with Crippen molar-refractivity contribution in [1.82, 2.24) is 4.90 Å². The third kappa shape index (κ3) is 6.00. The zero-order chi connectivity index (χ0) is 26.5. The quantitative estimate of drug-likeness (QED) is 0.260. The predicted octanol–water partition coefficient (Wildman–Crippen LogP) is 8.22. The number of halogens is 1. The van der Waals surface area contributed by atoms with Gasteiger partial charge in [0.25, 0.3) is 5.91 Å². The lowest BCUT2D eigenvalue weighted by molar-refractivity contribution is -0.124. The Labute approximate surface area is 237 Å². The summed E-state index contributed by atoms with van der Waals surface area (Å²) in [5, 5.41) is 0.747. The van der Waals surface area contributed by atoms with Crippen molar-refractivity contribution in [3.63, 3.8) is 0 Å². The Morgan fingerprint density at radius 3 is 2.45 bits per heavy atom. The standard InChI is InChI=1S/C31H31BrN2O3S/c1-21-11-9-10-16-26(21)34-30(35)29(38-31(34)33-24-14-7-4-8-15-24)18-23-17-27(36-2)28(19-25(23)32)37-20-22-12-5-3-6-13-22/h3-8,12-15,17-19,21,26H,9-11,16,20H2,1-2H3/b29-18-,33-31?/t21-,26-/m0/s1. The summed E-state index contributed by atoms with van der Waals surface area (Å²) in [5.74, 6) is 1.70. The second kappa shape index (κ2) is 12.2. The van der Waals surface area contributed by atoms with Crippen LogP contribution in [0.15, 0.2) is 87.2 Å². The van der Waals surface area contributed by atoms with Gasteiger partial charge in [-0.1, -0.05) is 84.2 Å². The van der Waals surface area contributed by atoms with Crippen LogP contribution < -0.4 is 9.47 Å². The van der Waals surface area contributed by atoms with E-state index in [0.717, 1.165) is 45.7 Å². The lowest BCUT2D eigenvalue weighted by atomic mass is 9.85. The van der Waals surface area contributed by atoms with Crippen molar-refractivity contribution < 1.29 is 14.3 Å². The van der Waals surface area contributed by atoms with E-state index >= 15 is 0 Å². The number of rotatable bonds is 7. The molecule has 2 fully saturated rings. The van der Waals surface area contributed by atoms with Crippen molar-refractivity contribution in [3.8, 4) is 11.5 Å². The van der Waals surface area contributed by atoms with Crippen molar-refractivity contribution in [3.05, 3.63) is 93.3 Å². The number of amidine groups is 1. The first-order chi connectivity index (χ1) is 18.5. The number of hydrogen-bond acceptors (Lipinski definition) is 5. The monoisotopic (exact) mass is 590 g/mol. The topological polar surface area (TPSA) is 51.1 Å². The number of aliphatic imine (C=N–C) groups is 1. The second-order valence-electron chi connectivity index (χ2n) is 9.64. The van der Waals surface area contributed by atoms with Gasteiger partial charge in [-0.2, -0.15) is 0 Å². The summed E-state index contributed by atoms with van der Waals surface area (Å²) < 4.78 is 12.5. The number of methoxy groups -OCH3 is 1. The van der Waals surface area contributed by atoms with Gasteiger partial charge in [0, 0.05) is 10.5 Å². The highest BCUT2D eigenvalue weighted by molar-refractivity contribution is 9.10. The third-order valence-corrected chi connectivity index (χ3v) is 8.69. The van der Waals surface area contributed by atoms with Gasteiger partial charge in [0.15, 0.2) is 16.7 Å². The fourth-order valence-electron chi connectivity index (χ4n) is 4.96. The van der Waals surface area contributed by atoms with E-state index in [9.17, 15) is 4.79 Å². The molecule has 3 aromatic carbocycles. The molecule has 2 atom stereocenters. The molecule has 5 rings (SSSR count). The van der Waals surface area contributed by atoms with Gasteiger partial charge in [-0.3, -0.25) is 9.69 Å². The van der Waals surface area contributed by atoms with E-state index in [2.05, 4.69) is 22.9 Å². The van der Waals surface area contributed by atoms with Crippen molar-refractivity contribution in [2.75, 3.05) is 7.11 Å². The van der Waals surface area contributed by atoms with E-state index < -0.39 is 0 Å². The summed E-state index contributed by atoms with van der Waals surface area (Å²) in [6, 6.07) is 23.8. The zero-order valence-electron chi connectivity index (χ0n) is 21.6. The van der Waals surface area contributed by atoms with E-state index in [-0.39, 0.29) is 11.9 Å². The molecular formula is C31H31BrN2O3S. The van der Waals surface area contributed by atoms with Crippen LogP contribution in [0.1, 0.15) is 43.7 Å². The van der Waals surface area contributed by atoms with Crippen LogP contribution in [0.5, 0.6) is 11.5 Å². The fourth-order valence-corrected chi connectivity index (χ4v) is 6.43. The maximum atomic E-state index is 13.8. The molecule has 7 heteroatoms. The van der Waals surface area contributed by atoms with Crippen molar-refractivity contribution in [1.29, 1.82) is 0 Å².